The number of carbonyl (C=O) groups excluding carboxylic acids is 1. The quantitative estimate of drug-likeness (QED) is 0.558. The second-order valence-electron chi connectivity index (χ2n) is 9.03. The van der Waals surface area contributed by atoms with Crippen LogP contribution in [0.5, 0.6) is 0 Å². The number of amides is 1. The van der Waals surface area contributed by atoms with E-state index in [1.807, 2.05) is 30.3 Å². The summed E-state index contributed by atoms with van der Waals surface area (Å²) in [7, 11) is -0.893. The zero-order valence-electron chi connectivity index (χ0n) is 18.6. The minimum Gasteiger partial charge on any atom is -0.445 e. The lowest BCUT2D eigenvalue weighted by Gasteiger charge is -2.48. The number of alkyl carbamates (subject to hydrolysis) is 1. The van der Waals surface area contributed by atoms with Crippen LogP contribution in [0, 0.1) is 0 Å². The molecular weight excluding hydrogens is 406 g/mol. The Bertz CT molecular complexity index is 680. The van der Waals surface area contributed by atoms with Crippen molar-refractivity contribution >= 4 is 14.4 Å². The third-order valence-electron chi connectivity index (χ3n) is 5.82. The molecule has 3 N–H and O–H groups in total. The molecule has 0 aliphatic carbocycles. The average molecular weight is 442 g/mol. The van der Waals surface area contributed by atoms with Gasteiger partial charge in [-0.2, -0.15) is 0 Å². The van der Waals surface area contributed by atoms with Crippen LogP contribution in [0.15, 0.2) is 30.3 Å². The van der Waals surface area contributed by atoms with Gasteiger partial charge in [-0.1, -0.05) is 51.1 Å². The number of rotatable bonds is 7. The maximum atomic E-state index is 12.5. The molecule has 1 aromatic carbocycles. The Morgan fingerprint density at radius 1 is 1.23 bits per heavy atom. The molecule has 1 heterocycles. The van der Waals surface area contributed by atoms with E-state index >= 15 is 0 Å². The smallest absolute Gasteiger partial charge is 0.407 e. The SMILES string of the molecule is CO[C@H]1O[C@H](CO)[C@@H](O)[C@H](O[Si](C)(C)C(C)(C)C)[C@H]1NC(=O)OCc1ccccc1. The lowest BCUT2D eigenvalue weighted by Crippen LogP contribution is -2.67. The molecule has 0 radical (unpaired) electrons. The predicted octanol–water partition coefficient (Wildman–Crippen LogP) is 2.40. The molecule has 0 saturated carbocycles. The first kappa shape index (κ1) is 24.8. The number of benzene rings is 1. The topological polar surface area (TPSA) is 106 Å². The highest BCUT2D eigenvalue weighted by atomic mass is 28.4. The largest absolute Gasteiger partial charge is 0.445 e. The second kappa shape index (κ2) is 10.2. The molecule has 1 fully saturated rings. The number of hydrogen-bond acceptors (Lipinski definition) is 7. The third-order valence-corrected chi connectivity index (χ3v) is 10.3. The van der Waals surface area contributed by atoms with Gasteiger partial charge >= 0.3 is 6.09 Å². The van der Waals surface area contributed by atoms with Crippen molar-refractivity contribution in [3.05, 3.63) is 35.9 Å². The highest BCUT2D eigenvalue weighted by Gasteiger charge is 2.51. The first-order valence-corrected chi connectivity index (χ1v) is 13.0. The van der Waals surface area contributed by atoms with Crippen molar-refractivity contribution in [1.82, 2.24) is 5.32 Å². The molecule has 1 aliphatic rings. The number of ether oxygens (including phenoxy) is 3. The molecule has 5 atom stereocenters. The number of aliphatic hydroxyl groups is 2. The molecule has 9 heteroatoms. The standard InChI is InChI=1S/C21H35NO7Si/c1-21(2,3)30(5,6)29-18-16(19(26-4)28-15(12-23)17(18)24)22-20(25)27-13-14-10-8-7-9-11-14/h7-11,15-19,23-24H,12-13H2,1-6H3,(H,22,25)/t15-,16-,17-,18-,19+/m1/s1. The number of aliphatic hydroxyl groups excluding tert-OH is 2. The first-order chi connectivity index (χ1) is 14.0. The molecule has 1 amide bonds. The molecule has 30 heavy (non-hydrogen) atoms. The molecule has 2 rings (SSSR count). The number of methoxy groups -OCH3 is 1. The van der Waals surface area contributed by atoms with E-state index in [1.165, 1.54) is 7.11 Å². The third kappa shape index (κ3) is 6.02. The van der Waals surface area contributed by atoms with Crippen molar-refractivity contribution in [2.24, 2.45) is 0 Å². The van der Waals surface area contributed by atoms with Crippen molar-refractivity contribution in [2.45, 2.75) is 76.2 Å². The van der Waals surface area contributed by atoms with Gasteiger partial charge in [-0.05, 0) is 23.7 Å². The zero-order valence-corrected chi connectivity index (χ0v) is 19.6. The fraction of sp³-hybridized carbons (Fsp3) is 0.667. The van der Waals surface area contributed by atoms with Gasteiger partial charge in [0.2, 0.25) is 0 Å². The van der Waals surface area contributed by atoms with E-state index in [1.54, 1.807) is 0 Å². The minimum atomic E-state index is -2.33. The fourth-order valence-corrected chi connectivity index (χ4v) is 4.30. The van der Waals surface area contributed by atoms with Crippen molar-refractivity contribution < 1.29 is 33.6 Å². The predicted molar refractivity (Wildman–Crippen MR) is 114 cm³/mol. The van der Waals surface area contributed by atoms with E-state index in [0.29, 0.717) is 0 Å². The molecule has 1 aromatic rings. The molecule has 1 aliphatic heterocycles. The fourth-order valence-electron chi connectivity index (χ4n) is 2.98. The van der Waals surface area contributed by atoms with E-state index in [4.69, 9.17) is 18.6 Å². The van der Waals surface area contributed by atoms with Crippen molar-refractivity contribution in [2.75, 3.05) is 13.7 Å². The van der Waals surface area contributed by atoms with Gasteiger partial charge in [-0.15, -0.1) is 0 Å². The van der Waals surface area contributed by atoms with Crippen LogP contribution in [0.3, 0.4) is 0 Å². The lowest BCUT2D eigenvalue weighted by atomic mass is 9.97. The summed E-state index contributed by atoms with van der Waals surface area (Å²) in [5.74, 6) is 0. The van der Waals surface area contributed by atoms with Crippen LogP contribution in [0.1, 0.15) is 26.3 Å². The van der Waals surface area contributed by atoms with Crippen LogP contribution >= 0.6 is 0 Å². The van der Waals surface area contributed by atoms with Gasteiger partial charge in [-0.3, -0.25) is 0 Å². The molecule has 0 aromatic heterocycles. The monoisotopic (exact) mass is 441 g/mol. The van der Waals surface area contributed by atoms with E-state index in [9.17, 15) is 15.0 Å². The van der Waals surface area contributed by atoms with Crippen molar-refractivity contribution in [1.29, 1.82) is 0 Å². The number of hydrogen-bond donors (Lipinski definition) is 3. The highest BCUT2D eigenvalue weighted by Crippen LogP contribution is 2.39. The van der Waals surface area contributed by atoms with Gasteiger partial charge in [0.25, 0.3) is 0 Å². The lowest BCUT2D eigenvalue weighted by molar-refractivity contribution is -0.259. The summed E-state index contributed by atoms with van der Waals surface area (Å²) in [5.41, 5.74) is 0.852. The summed E-state index contributed by atoms with van der Waals surface area (Å²) in [6.45, 7) is 10.1. The molecule has 8 nitrogen and oxygen atoms in total. The van der Waals surface area contributed by atoms with Crippen LogP contribution < -0.4 is 5.32 Å². The molecule has 1 saturated heterocycles. The van der Waals surface area contributed by atoms with E-state index < -0.39 is 51.7 Å². The molecular formula is C21H35NO7Si. The summed E-state index contributed by atoms with van der Waals surface area (Å²) in [5, 5.41) is 23.1. The Labute approximate surface area is 179 Å². The minimum absolute atomic E-state index is 0.105. The molecule has 0 bridgehead atoms. The van der Waals surface area contributed by atoms with Crippen molar-refractivity contribution in [3.8, 4) is 0 Å². The molecule has 0 unspecified atom stereocenters. The van der Waals surface area contributed by atoms with Gasteiger partial charge in [0.1, 0.15) is 24.9 Å². The Kier molecular flexibility index (Phi) is 8.43. The Hall–Kier alpha value is -1.49. The summed E-state index contributed by atoms with van der Waals surface area (Å²) >= 11 is 0. The Morgan fingerprint density at radius 3 is 2.40 bits per heavy atom. The van der Waals surface area contributed by atoms with Gasteiger partial charge in [-0.25, -0.2) is 4.79 Å². The van der Waals surface area contributed by atoms with Gasteiger partial charge in [0.15, 0.2) is 14.6 Å². The number of nitrogens with one attached hydrogen (secondary N) is 1. The van der Waals surface area contributed by atoms with Crippen LogP contribution in [-0.4, -0.2) is 69.0 Å². The van der Waals surface area contributed by atoms with E-state index in [2.05, 4.69) is 39.2 Å². The normalized spacial score (nSPS) is 27.5. The van der Waals surface area contributed by atoms with Crippen LogP contribution in [0.4, 0.5) is 4.79 Å². The molecule has 0 spiro atoms. The Morgan fingerprint density at radius 2 is 1.87 bits per heavy atom. The maximum absolute atomic E-state index is 12.5. The van der Waals surface area contributed by atoms with Crippen molar-refractivity contribution in [3.63, 3.8) is 0 Å². The first-order valence-electron chi connectivity index (χ1n) is 10.1. The summed E-state index contributed by atoms with van der Waals surface area (Å²) in [4.78, 5) is 12.5. The maximum Gasteiger partial charge on any atom is 0.407 e. The second-order valence-corrected chi connectivity index (χ2v) is 13.8. The van der Waals surface area contributed by atoms with Gasteiger partial charge in [0, 0.05) is 7.11 Å². The van der Waals surface area contributed by atoms with Gasteiger partial charge < -0.3 is 34.2 Å². The highest BCUT2D eigenvalue weighted by molar-refractivity contribution is 6.74. The van der Waals surface area contributed by atoms with Crippen LogP contribution in [-0.2, 0) is 25.2 Å². The average Bonchev–Trinajstić information content (AvgIpc) is 2.69. The van der Waals surface area contributed by atoms with Crippen LogP contribution in [0.25, 0.3) is 0 Å². The summed E-state index contributed by atoms with van der Waals surface area (Å²) in [6.07, 6.45) is -4.44. The van der Waals surface area contributed by atoms with E-state index in [-0.39, 0.29) is 11.6 Å². The summed E-state index contributed by atoms with van der Waals surface area (Å²) in [6, 6.07) is 8.50. The van der Waals surface area contributed by atoms with Gasteiger partial charge in [0.05, 0.1) is 12.7 Å². The zero-order chi connectivity index (χ0) is 22.5. The number of carbonyl (C=O) groups is 1. The van der Waals surface area contributed by atoms with E-state index in [0.717, 1.165) is 5.56 Å². The molecule has 170 valence electrons. The Balaban J connectivity index is 2.18. The summed E-state index contributed by atoms with van der Waals surface area (Å²) < 4.78 is 22.8. The van der Waals surface area contributed by atoms with Crippen LogP contribution in [0.2, 0.25) is 18.1 Å².